The van der Waals surface area contributed by atoms with Crippen LogP contribution in [0.25, 0.3) is 21.6 Å². The average molecular weight is 534 g/mol. The summed E-state index contributed by atoms with van der Waals surface area (Å²) in [5, 5.41) is 15.4. The Hall–Kier alpha value is -3.06. The van der Waals surface area contributed by atoms with E-state index in [2.05, 4.69) is 24.9 Å². The van der Waals surface area contributed by atoms with Gasteiger partial charge in [-0.3, -0.25) is 9.80 Å². The van der Waals surface area contributed by atoms with Gasteiger partial charge in [0, 0.05) is 44.4 Å². The number of fused-ring (bicyclic) bond motifs is 1. The van der Waals surface area contributed by atoms with Crippen molar-refractivity contribution in [3.63, 3.8) is 0 Å². The molecule has 0 saturated carbocycles. The second-order valence-electron chi connectivity index (χ2n) is 8.99. The molecule has 12 heteroatoms. The lowest BCUT2D eigenvalue weighted by Crippen LogP contribution is -2.48. The van der Waals surface area contributed by atoms with Crippen molar-refractivity contribution >= 4 is 21.6 Å². The SMILES string of the molecule is Cc1nc2cc(OC[C@H](O)CN3CCN(Cc4nc(-c5ccc(C(F)(F)F)cc5)no4)CC3)ccc2s1. The summed E-state index contributed by atoms with van der Waals surface area (Å²) in [6.07, 6.45) is -5.01. The molecular formula is C25H26F3N5O3S. The van der Waals surface area contributed by atoms with Crippen LogP contribution in [0, 0.1) is 6.92 Å². The van der Waals surface area contributed by atoms with Crippen molar-refractivity contribution in [2.45, 2.75) is 25.7 Å². The topological polar surface area (TPSA) is 87.8 Å². The van der Waals surface area contributed by atoms with Gasteiger partial charge in [0.05, 0.1) is 27.3 Å². The lowest BCUT2D eigenvalue weighted by atomic mass is 10.1. The lowest BCUT2D eigenvalue weighted by Gasteiger charge is -2.34. The molecule has 0 amide bonds. The van der Waals surface area contributed by atoms with Gasteiger partial charge in [-0.25, -0.2) is 4.98 Å². The largest absolute Gasteiger partial charge is 0.491 e. The van der Waals surface area contributed by atoms with Crippen LogP contribution in [0.3, 0.4) is 0 Å². The van der Waals surface area contributed by atoms with E-state index in [1.807, 2.05) is 25.1 Å². The first-order valence-electron chi connectivity index (χ1n) is 11.9. The normalized spacial score (nSPS) is 16.4. The summed E-state index contributed by atoms with van der Waals surface area (Å²) < 4.78 is 50.5. The van der Waals surface area contributed by atoms with Crippen LogP contribution in [0.2, 0.25) is 0 Å². The summed E-state index contributed by atoms with van der Waals surface area (Å²) in [5.74, 6) is 1.36. The summed E-state index contributed by atoms with van der Waals surface area (Å²) >= 11 is 1.64. The molecule has 8 nitrogen and oxygen atoms in total. The number of rotatable bonds is 8. The summed E-state index contributed by atoms with van der Waals surface area (Å²) in [7, 11) is 0. The number of aliphatic hydroxyl groups is 1. The summed E-state index contributed by atoms with van der Waals surface area (Å²) in [5.41, 5.74) is 0.644. The number of aryl methyl sites for hydroxylation is 1. The van der Waals surface area contributed by atoms with Gasteiger partial charge in [0.1, 0.15) is 18.5 Å². The minimum absolute atomic E-state index is 0.198. The van der Waals surface area contributed by atoms with Crippen molar-refractivity contribution in [2.24, 2.45) is 0 Å². The molecule has 4 aromatic rings. The summed E-state index contributed by atoms with van der Waals surface area (Å²) in [6.45, 7) is 6.16. The molecule has 0 spiro atoms. The van der Waals surface area contributed by atoms with Gasteiger partial charge in [-0.15, -0.1) is 11.3 Å². The smallest absolute Gasteiger partial charge is 0.416 e. The van der Waals surface area contributed by atoms with E-state index in [1.165, 1.54) is 12.1 Å². The first-order chi connectivity index (χ1) is 17.7. The molecule has 1 aliphatic rings. The number of aliphatic hydroxyl groups excluding tert-OH is 1. The van der Waals surface area contributed by atoms with Gasteiger partial charge in [0.25, 0.3) is 0 Å². The van der Waals surface area contributed by atoms with Crippen LogP contribution in [0.15, 0.2) is 47.0 Å². The van der Waals surface area contributed by atoms with E-state index in [0.29, 0.717) is 30.3 Å². The number of β-amino-alcohol motifs (C(OH)–C–C–N with tert-alkyl or cyclic N) is 1. The predicted molar refractivity (Wildman–Crippen MR) is 132 cm³/mol. The molecule has 1 saturated heterocycles. The highest BCUT2D eigenvalue weighted by atomic mass is 32.1. The van der Waals surface area contributed by atoms with E-state index >= 15 is 0 Å². The van der Waals surface area contributed by atoms with E-state index in [0.717, 1.165) is 53.5 Å². The van der Waals surface area contributed by atoms with Crippen LogP contribution in [0.5, 0.6) is 5.75 Å². The number of thiazole rings is 1. The maximum Gasteiger partial charge on any atom is 0.416 e. The Bertz CT molecular complexity index is 1330. The second-order valence-corrected chi connectivity index (χ2v) is 10.2. The van der Waals surface area contributed by atoms with Gasteiger partial charge in [-0.05, 0) is 31.2 Å². The first-order valence-corrected chi connectivity index (χ1v) is 12.7. The van der Waals surface area contributed by atoms with E-state index < -0.39 is 17.8 Å². The van der Waals surface area contributed by atoms with E-state index in [9.17, 15) is 18.3 Å². The van der Waals surface area contributed by atoms with Gasteiger partial charge in [0.15, 0.2) is 0 Å². The molecule has 0 bridgehead atoms. The van der Waals surface area contributed by atoms with Gasteiger partial charge in [-0.1, -0.05) is 17.3 Å². The van der Waals surface area contributed by atoms with Crippen LogP contribution < -0.4 is 4.74 Å². The molecule has 1 atom stereocenters. The highest BCUT2D eigenvalue weighted by Gasteiger charge is 2.30. The molecule has 2 aromatic heterocycles. The number of alkyl halides is 3. The molecule has 3 heterocycles. The fourth-order valence-electron chi connectivity index (χ4n) is 4.22. The number of halogens is 3. The third kappa shape index (κ3) is 6.45. The Morgan fingerprint density at radius 1 is 1.05 bits per heavy atom. The molecule has 1 aliphatic heterocycles. The fourth-order valence-corrected chi connectivity index (χ4v) is 5.03. The van der Waals surface area contributed by atoms with Gasteiger partial charge in [-0.2, -0.15) is 18.2 Å². The molecule has 5 rings (SSSR count). The molecular weight excluding hydrogens is 507 g/mol. The molecule has 0 radical (unpaired) electrons. The van der Waals surface area contributed by atoms with Crippen molar-refractivity contribution in [1.82, 2.24) is 24.9 Å². The molecule has 1 N–H and O–H groups in total. The number of nitrogens with zero attached hydrogens (tertiary/aromatic N) is 5. The van der Waals surface area contributed by atoms with Gasteiger partial charge >= 0.3 is 6.18 Å². The molecule has 2 aromatic carbocycles. The maximum absolute atomic E-state index is 12.8. The molecule has 0 unspecified atom stereocenters. The van der Waals surface area contributed by atoms with Crippen LogP contribution in [0.1, 0.15) is 16.5 Å². The lowest BCUT2D eigenvalue weighted by molar-refractivity contribution is -0.137. The first kappa shape index (κ1) is 25.6. The van der Waals surface area contributed by atoms with Crippen molar-refractivity contribution in [2.75, 3.05) is 39.3 Å². The number of piperazine rings is 1. The summed E-state index contributed by atoms with van der Waals surface area (Å²) in [6, 6.07) is 10.5. The number of hydrogen-bond donors (Lipinski definition) is 1. The number of hydrogen-bond acceptors (Lipinski definition) is 9. The van der Waals surface area contributed by atoms with Gasteiger partial charge < -0.3 is 14.4 Å². The molecule has 0 aliphatic carbocycles. The van der Waals surface area contributed by atoms with Crippen LogP contribution >= 0.6 is 11.3 Å². The third-order valence-electron chi connectivity index (χ3n) is 6.14. The minimum atomic E-state index is -4.39. The second kappa shape index (κ2) is 10.7. The Kier molecular flexibility index (Phi) is 7.43. The maximum atomic E-state index is 12.8. The Morgan fingerprint density at radius 2 is 1.78 bits per heavy atom. The molecule has 37 heavy (non-hydrogen) atoms. The monoisotopic (exact) mass is 533 g/mol. The summed E-state index contributed by atoms with van der Waals surface area (Å²) in [4.78, 5) is 13.1. The standard InChI is InChI=1S/C25H26F3N5O3S/c1-16-29-21-12-20(6-7-22(21)37-16)35-15-19(34)13-32-8-10-33(11-9-32)14-23-30-24(31-36-23)17-2-4-18(5-3-17)25(26,27)28/h2-7,12,19,34H,8-11,13-15H2,1H3/t19-/m1/s1. The highest BCUT2D eigenvalue weighted by Crippen LogP contribution is 2.30. The average Bonchev–Trinajstić information content (AvgIpc) is 3.49. The van der Waals surface area contributed by atoms with Crippen molar-refractivity contribution < 1.29 is 27.5 Å². The minimum Gasteiger partial charge on any atom is -0.491 e. The highest BCUT2D eigenvalue weighted by molar-refractivity contribution is 7.18. The Morgan fingerprint density at radius 3 is 2.51 bits per heavy atom. The third-order valence-corrected chi connectivity index (χ3v) is 7.09. The quantitative estimate of drug-likeness (QED) is 0.360. The van der Waals surface area contributed by atoms with Crippen LogP contribution in [-0.4, -0.2) is 75.5 Å². The van der Waals surface area contributed by atoms with E-state index in [1.54, 1.807) is 11.3 Å². The zero-order valence-corrected chi connectivity index (χ0v) is 20.9. The fraction of sp³-hybridized carbons (Fsp3) is 0.400. The predicted octanol–water partition coefficient (Wildman–Crippen LogP) is 4.23. The van der Waals surface area contributed by atoms with Crippen LogP contribution in [-0.2, 0) is 12.7 Å². The molecule has 196 valence electrons. The Balaban J connectivity index is 1.06. The molecule has 1 fully saturated rings. The van der Waals surface area contributed by atoms with Gasteiger partial charge in [0.2, 0.25) is 11.7 Å². The van der Waals surface area contributed by atoms with Crippen molar-refractivity contribution in [1.29, 1.82) is 0 Å². The number of ether oxygens (including phenoxy) is 1. The number of benzene rings is 2. The zero-order valence-electron chi connectivity index (χ0n) is 20.1. The van der Waals surface area contributed by atoms with E-state index in [-0.39, 0.29) is 12.4 Å². The van der Waals surface area contributed by atoms with Crippen molar-refractivity contribution in [3.8, 4) is 17.1 Å². The zero-order chi connectivity index (χ0) is 26.0. The van der Waals surface area contributed by atoms with E-state index in [4.69, 9.17) is 9.26 Å². The van der Waals surface area contributed by atoms with Crippen molar-refractivity contribution in [3.05, 3.63) is 58.9 Å². The number of aromatic nitrogens is 3. The Labute approximate surface area is 215 Å². The van der Waals surface area contributed by atoms with Crippen LogP contribution in [0.4, 0.5) is 13.2 Å².